The molecule has 198 valence electrons. The monoisotopic (exact) mass is 551 g/mol. The van der Waals surface area contributed by atoms with Crippen molar-refractivity contribution < 1.29 is 4.79 Å². The fourth-order valence-corrected chi connectivity index (χ4v) is 5.05. The molecule has 1 aliphatic rings. The Morgan fingerprint density at radius 2 is 1.79 bits per heavy atom. The molecule has 1 fully saturated rings. The van der Waals surface area contributed by atoms with Crippen LogP contribution in [0.15, 0.2) is 48.5 Å². The van der Waals surface area contributed by atoms with Gasteiger partial charge in [-0.1, -0.05) is 55.2 Å². The Morgan fingerprint density at radius 3 is 2.53 bits per heavy atom. The highest BCUT2D eigenvalue weighted by atomic mass is 35.5. The van der Waals surface area contributed by atoms with E-state index in [4.69, 9.17) is 38.3 Å². The maximum absolute atomic E-state index is 13.0. The van der Waals surface area contributed by atoms with E-state index in [0.29, 0.717) is 41.3 Å². The highest BCUT2D eigenvalue weighted by molar-refractivity contribution is 6.42. The number of hydrogen-bond donors (Lipinski definition) is 1. The summed E-state index contributed by atoms with van der Waals surface area (Å²) in [5, 5.41) is 9.61. The number of carbonyl (C=O) groups excluding carboxylic acids is 1. The number of aryl methyl sites for hydroxylation is 1. The molecular weight excluding hydrogens is 521 g/mol. The molecule has 38 heavy (non-hydrogen) atoms. The van der Waals surface area contributed by atoms with Crippen molar-refractivity contribution in [3.8, 4) is 5.69 Å². The minimum atomic E-state index is -0.161. The highest BCUT2D eigenvalue weighted by Gasteiger charge is 2.25. The Bertz CT molecular complexity index is 1450. The van der Waals surface area contributed by atoms with Gasteiger partial charge in [0.2, 0.25) is 0 Å². The molecule has 8 nitrogen and oxygen atoms in total. The third-order valence-electron chi connectivity index (χ3n) is 6.57. The number of para-hydroxylation sites is 1. The number of nitrogens with zero attached hydrogens (tertiary/aromatic N) is 6. The quantitative estimate of drug-likeness (QED) is 0.311. The number of halogens is 2. The summed E-state index contributed by atoms with van der Waals surface area (Å²) >= 11 is 12.1. The fourth-order valence-electron chi connectivity index (χ4n) is 4.75. The summed E-state index contributed by atoms with van der Waals surface area (Å²) in [6, 6.07) is 15.0. The lowest BCUT2D eigenvalue weighted by molar-refractivity contribution is 0.215. The summed E-state index contributed by atoms with van der Waals surface area (Å²) in [4.78, 5) is 27.1. The number of benzene rings is 2. The largest absolute Gasteiger partial charge is 0.354 e. The Kier molecular flexibility index (Phi) is 7.72. The van der Waals surface area contributed by atoms with Crippen molar-refractivity contribution in [2.75, 3.05) is 36.4 Å². The lowest BCUT2D eigenvalue weighted by atomic mass is 10.1. The average Bonchev–Trinajstić information content (AvgIpc) is 3.05. The van der Waals surface area contributed by atoms with Crippen molar-refractivity contribution in [2.45, 2.75) is 33.6 Å². The first-order chi connectivity index (χ1) is 18.3. The van der Waals surface area contributed by atoms with Crippen LogP contribution in [0.4, 0.5) is 16.3 Å². The second-order valence-electron chi connectivity index (χ2n) is 9.98. The van der Waals surface area contributed by atoms with Gasteiger partial charge in [-0.2, -0.15) is 5.10 Å². The number of aromatic nitrogens is 4. The summed E-state index contributed by atoms with van der Waals surface area (Å²) in [6.07, 6.45) is 1.58. The Balaban J connectivity index is 1.43. The molecule has 2 amide bonds. The van der Waals surface area contributed by atoms with Gasteiger partial charge in [-0.25, -0.2) is 19.4 Å². The summed E-state index contributed by atoms with van der Waals surface area (Å²) < 4.78 is 1.91. The molecule has 10 heteroatoms. The Hall–Kier alpha value is -3.36. The van der Waals surface area contributed by atoms with Gasteiger partial charge >= 0.3 is 6.03 Å². The van der Waals surface area contributed by atoms with Gasteiger partial charge in [0.15, 0.2) is 5.65 Å². The molecule has 0 aliphatic carbocycles. The molecule has 5 rings (SSSR count). The van der Waals surface area contributed by atoms with Gasteiger partial charge in [-0.05, 0) is 49.6 Å². The van der Waals surface area contributed by atoms with Crippen molar-refractivity contribution in [2.24, 2.45) is 5.92 Å². The van der Waals surface area contributed by atoms with Gasteiger partial charge in [0.1, 0.15) is 11.6 Å². The zero-order valence-corrected chi connectivity index (χ0v) is 23.3. The first-order valence-corrected chi connectivity index (χ1v) is 13.6. The van der Waals surface area contributed by atoms with Crippen LogP contribution in [-0.2, 0) is 6.42 Å². The van der Waals surface area contributed by atoms with Crippen LogP contribution in [-0.4, -0.2) is 56.9 Å². The van der Waals surface area contributed by atoms with Crippen LogP contribution in [0, 0.1) is 12.8 Å². The third-order valence-corrected chi connectivity index (χ3v) is 7.31. The molecule has 3 heterocycles. The van der Waals surface area contributed by atoms with Gasteiger partial charge in [-0.3, -0.25) is 0 Å². The molecule has 0 radical (unpaired) electrons. The summed E-state index contributed by atoms with van der Waals surface area (Å²) in [7, 11) is 0. The predicted molar refractivity (Wildman–Crippen MR) is 154 cm³/mol. The maximum Gasteiger partial charge on any atom is 0.321 e. The summed E-state index contributed by atoms with van der Waals surface area (Å²) in [6.45, 7) is 8.97. The van der Waals surface area contributed by atoms with Crippen LogP contribution >= 0.6 is 23.2 Å². The molecule has 0 unspecified atom stereocenters. The zero-order chi connectivity index (χ0) is 26.8. The lowest BCUT2D eigenvalue weighted by Crippen LogP contribution is -2.38. The SMILES string of the molecule is Cc1nn(-c2ccccc2)c2nc(CC(C)C)nc(N3CCCN(C(=O)Nc4ccc(Cl)c(Cl)c4)CC3)c12. The van der Waals surface area contributed by atoms with E-state index in [2.05, 4.69) is 24.1 Å². The van der Waals surface area contributed by atoms with Crippen molar-refractivity contribution in [3.05, 3.63) is 70.1 Å². The third kappa shape index (κ3) is 5.56. The lowest BCUT2D eigenvalue weighted by Gasteiger charge is -2.24. The number of amides is 2. The first-order valence-electron chi connectivity index (χ1n) is 12.9. The number of fused-ring (bicyclic) bond motifs is 1. The second-order valence-corrected chi connectivity index (χ2v) is 10.8. The van der Waals surface area contributed by atoms with Gasteiger partial charge in [0.05, 0.1) is 26.8 Å². The van der Waals surface area contributed by atoms with E-state index < -0.39 is 0 Å². The molecule has 0 spiro atoms. The van der Waals surface area contributed by atoms with Crippen molar-refractivity contribution in [3.63, 3.8) is 0 Å². The molecule has 1 aliphatic heterocycles. The van der Waals surface area contributed by atoms with Crippen LogP contribution in [0.5, 0.6) is 0 Å². The Labute approximate surface area is 232 Å². The summed E-state index contributed by atoms with van der Waals surface area (Å²) in [5.74, 6) is 2.11. The minimum absolute atomic E-state index is 0.161. The molecule has 0 saturated carbocycles. The van der Waals surface area contributed by atoms with Gasteiger partial charge in [0.25, 0.3) is 0 Å². The number of nitrogens with one attached hydrogen (secondary N) is 1. The molecule has 2 aromatic carbocycles. The second kappa shape index (κ2) is 11.2. The van der Waals surface area contributed by atoms with E-state index in [1.807, 2.05) is 46.8 Å². The normalized spacial score (nSPS) is 14.3. The molecule has 0 bridgehead atoms. The van der Waals surface area contributed by atoms with Crippen molar-refractivity contribution >= 4 is 51.8 Å². The fraction of sp³-hybridized carbons (Fsp3) is 0.357. The van der Waals surface area contributed by atoms with Crippen molar-refractivity contribution in [1.82, 2.24) is 24.6 Å². The molecule has 0 atom stereocenters. The highest BCUT2D eigenvalue weighted by Crippen LogP contribution is 2.30. The number of carbonyl (C=O) groups is 1. The minimum Gasteiger partial charge on any atom is -0.354 e. The average molecular weight is 553 g/mol. The van der Waals surface area contributed by atoms with Crippen molar-refractivity contribution in [1.29, 1.82) is 0 Å². The van der Waals surface area contributed by atoms with E-state index in [9.17, 15) is 4.79 Å². The maximum atomic E-state index is 13.0. The van der Waals surface area contributed by atoms with Gasteiger partial charge < -0.3 is 15.1 Å². The van der Waals surface area contributed by atoms with E-state index in [1.165, 1.54) is 0 Å². The standard InChI is InChI=1S/C28H31Cl2N7O/c1-18(2)16-24-32-26(25-19(3)34-37(27(25)33-24)21-8-5-4-6-9-21)35-12-7-13-36(15-14-35)28(38)31-20-10-11-22(29)23(30)17-20/h4-6,8-11,17-18H,7,12-16H2,1-3H3,(H,31,38). The van der Waals surface area contributed by atoms with Crippen LogP contribution in [0.3, 0.4) is 0 Å². The smallest absolute Gasteiger partial charge is 0.321 e. The van der Waals surface area contributed by atoms with Gasteiger partial charge in [-0.15, -0.1) is 0 Å². The number of rotatable bonds is 5. The summed E-state index contributed by atoms with van der Waals surface area (Å²) in [5.41, 5.74) is 3.28. The number of anilines is 2. The first kappa shape index (κ1) is 26.3. The molecule has 1 N–H and O–H groups in total. The molecule has 4 aromatic rings. The van der Waals surface area contributed by atoms with Gasteiger partial charge in [0, 0.05) is 38.3 Å². The Morgan fingerprint density at radius 1 is 1.00 bits per heavy atom. The number of urea groups is 1. The molecule has 2 aromatic heterocycles. The topological polar surface area (TPSA) is 79.2 Å². The van der Waals surface area contributed by atoms with E-state index in [1.54, 1.807) is 18.2 Å². The number of hydrogen-bond acceptors (Lipinski definition) is 5. The molecule has 1 saturated heterocycles. The van der Waals surface area contributed by atoms with E-state index in [0.717, 1.165) is 53.4 Å². The van der Waals surface area contributed by atoms with Crippen LogP contribution < -0.4 is 10.2 Å². The predicted octanol–water partition coefficient (Wildman–Crippen LogP) is 6.37. The molecular formula is C28H31Cl2N7O. The van der Waals surface area contributed by atoms with Crippen LogP contribution in [0.2, 0.25) is 10.0 Å². The van der Waals surface area contributed by atoms with Crippen LogP contribution in [0.25, 0.3) is 16.7 Å². The zero-order valence-electron chi connectivity index (χ0n) is 21.8. The van der Waals surface area contributed by atoms with E-state index in [-0.39, 0.29) is 6.03 Å². The van der Waals surface area contributed by atoms with E-state index >= 15 is 0 Å². The van der Waals surface area contributed by atoms with Crippen LogP contribution in [0.1, 0.15) is 31.8 Å².